The number of anilines is 1. The zero-order valence-electron chi connectivity index (χ0n) is 20.6. The van der Waals surface area contributed by atoms with Gasteiger partial charge < -0.3 is 9.80 Å². The highest BCUT2D eigenvalue weighted by atomic mass is 32.1. The van der Waals surface area contributed by atoms with Crippen LogP contribution in [0.5, 0.6) is 0 Å². The van der Waals surface area contributed by atoms with E-state index in [0.29, 0.717) is 19.0 Å². The van der Waals surface area contributed by atoms with E-state index in [4.69, 9.17) is 4.98 Å². The lowest BCUT2D eigenvalue weighted by molar-refractivity contribution is 0.0745. The van der Waals surface area contributed by atoms with Gasteiger partial charge in [-0.1, -0.05) is 55.7 Å². The predicted octanol–water partition coefficient (Wildman–Crippen LogP) is 4.47. The molecule has 1 saturated carbocycles. The molecule has 2 aliphatic heterocycles. The summed E-state index contributed by atoms with van der Waals surface area (Å²) in [6.45, 7) is 8.01. The molecule has 1 amide bonds. The van der Waals surface area contributed by atoms with E-state index in [1.165, 1.54) is 37.1 Å². The lowest BCUT2D eigenvalue weighted by Gasteiger charge is -2.36. The molecule has 184 valence electrons. The van der Waals surface area contributed by atoms with E-state index in [1.54, 1.807) is 11.3 Å². The van der Waals surface area contributed by atoms with Crippen molar-refractivity contribution in [2.75, 3.05) is 44.2 Å². The van der Waals surface area contributed by atoms with Gasteiger partial charge in [-0.2, -0.15) is 0 Å². The van der Waals surface area contributed by atoms with E-state index in [9.17, 15) is 4.79 Å². The van der Waals surface area contributed by atoms with Crippen molar-refractivity contribution in [3.05, 3.63) is 46.1 Å². The van der Waals surface area contributed by atoms with Crippen molar-refractivity contribution >= 4 is 33.3 Å². The van der Waals surface area contributed by atoms with Crippen LogP contribution in [-0.4, -0.2) is 70.2 Å². The zero-order chi connectivity index (χ0) is 23.8. The highest BCUT2D eigenvalue weighted by Crippen LogP contribution is 2.36. The van der Waals surface area contributed by atoms with E-state index in [1.807, 2.05) is 23.1 Å². The quantitative estimate of drug-likeness (QED) is 0.538. The van der Waals surface area contributed by atoms with E-state index >= 15 is 0 Å². The Hall–Kier alpha value is -2.58. The van der Waals surface area contributed by atoms with Crippen LogP contribution in [0.3, 0.4) is 0 Å². The first kappa shape index (κ1) is 22.9. The number of likely N-dealkylation sites (N-methyl/N-ethyl adjacent to an activating group) is 1. The molecular formula is C27H34N6OS. The van der Waals surface area contributed by atoms with Crippen LogP contribution < -0.4 is 4.90 Å². The molecule has 3 aliphatic rings. The van der Waals surface area contributed by atoms with Gasteiger partial charge in [0.15, 0.2) is 0 Å². The molecule has 0 atom stereocenters. The molecule has 3 aromatic rings. The minimum Gasteiger partial charge on any atom is -0.343 e. The van der Waals surface area contributed by atoms with E-state index < -0.39 is 0 Å². The van der Waals surface area contributed by atoms with Gasteiger partial charge in [0.2, 0.25) is 5.13 Å². The van der Waals surface area contributed by atoms with E-state index in [-0.39, 0.29) is 5.91 Å². The minimum absolute atomic E-state index is 0.151. The molecule has 7 nitrogen and oxygen atoms in total. The number of carbonyl (C=O) groups is 1. The number of pyridine rings is 1. The molecule has 8 heteroatoms. The molecule has 0 bridgehead atoms. The summed E-state index contributed by atoms with van der Waals surface area (Å²) in [5.41, 5.74) is 4.03. The molecule has 0 N–H and O–H groups in total. The Morgan fingerprint density at radius 3 is 2.63 bits per heavy atom. The second kappa shape index (κ2) is 9.82. The van der Waals surface area contributed by atoms with Crippen molar-refractivity contribution in [3.8, 4) is 0 Å². The summed E-state index contributed by atoms with van der Waals surface area (Å²) >= 11 is 1.76. The minimum atomic E-state index is 0.151. The third kappa shape index (κ3) is 4.42. The first-order chi connectivity index (χ1) is 17.2. The van der Waals surface area contributed by atoms with E-state index in [2.05, 4.69) is 33.0 Å². The second-order valence-corrected chi connectivity index (χ2v) is 11.1. The number of carbonyl (C=O) groups excluding carboxylic acids is 1. The molecule has 6 rings (SSSR count). The maximum atomic E-state index is 14.0. The van der Waals surface area contributed by atoms with Crippen molar-refractivity contribution in [1.29, 1.82) is 0 Å². The van der Waals surface area contributed by atoms with Crippen molar-refractivity contribution in [1.82, 2.24) is 25.0 Å². The Bertz CT molecular complexity index is 1210. The summed E-state index contributed by atoms with van der Waals surface area (Å²) < 4.78 is 0. The largest absolute Gasteiger partial charge is 0.343 e. The number of hydrogen-bond acceptors (Lipinski definition) is 7. The number of amides is 1. The SMILES string of the molecule is CCN1CCc2nc3ccccc3c(C(=O)N3CCN(c4nnc(C5CCCCC5)s4)CC3)c2C1. The molecule has 0 spiro atoms. The number of hydrogen-bond donors (Lipinski definition) is 0. The molecular weight excluding hydrogens is 456 g/mol. The predicted molar refractivity (Wildman–Crippen MR) is 140 cm³/mol. The van der Waals surface area contributed by atoms with Gasteiger partial charge in [0, 0.05) is 68.3 Å². The van der Waals surface area contributed by atoms with Gasteiger partial charge >= 0.3 is 0 Å². The van der Waals surface area contributed by atoms with Crippen LogP contribution in [0.1, 0.15) is 71.6 Å². The highest BCUT2D eigenvalue weighted by Gasteiger charge is 2.30. The molecule has 1 aromatic carbocycles. The maximum absolute atomic E-state index is 14.0. The highest BCUT2D eigenvalue weighted by molar-refractivity contribution is 7.15. The Labute approximate surface area is 211 Å². The van der Waals surface area contributed by atoms with Crippen LogP contribution in [-0.2, 0) is 13.0 Å². The number of nitrogens with zero attached hydrogens (tertiary/aromatic N) is 6. The number of piperazine rings is 1. The molecule has 4 heterocycles. The first-order valence-corrected chi connectivity index (χ1v) is 14.0. The fourth-order valence-corrected chi connectivity index (χ4v) is 6.95. The van der Waals surface area contributed by atoms with Gasteiger partial charge in [0.1, 0.15) is 5.01 Å². The first-order valence-electron chi connectivity index (χ1n) is 13.2. The summed E-state index contributed by atoms with van der Waals surface area (Å²) in [4.78, 5) is 25.7. The Morgan fingerprint density at radius 1 is 1.03 bits per heavy atom. The van der Waals surface area contributed by atoms with Crippen molar-refractivity contribution < 1.29 is 4.79 Å². The van der Waals surface area contributed by atoms with Gasteiger partial charge in [-0.05, 0) is 25.5 Å². The monoisotopic (exact) mass is 490 g/mol. The van der Waals surface area contributed by atoms with Gasteiger partial charge in [-0.25, -0.2) is 0 Å². The van der Waals surface area contributed by atoms with Crippen molar-refractivity contribution in [2.45, 2.75) is 57.9 Å². The van der Waals surface area contributed by atoms with Crippen LogP contribution in [0.2, 0.25) is 0 Å². The van der Waals surface area contributed by atoms with Crippen LogP contribution in [0, 0.1) is 0 Å². The van der Waals surface area contributed by atoms with Crippen molar-refractivity contribution in [3.63, 3.8) is 0 Å². The Kier molecular flexibility index (Phi) is 6.41. The number of para-hydroxylation sites is 1. The van der Waals surface area contributed by atoms with Crippen LogP contribution >= 0.6 is 11.3 Å². The smallest absolute Gasteiger partial charge is 0.255 e. The standard InChI is InChI=1S/C27H34N6OS/c1-2-31-13-12-23-21(18-31)24(20-10-6-7-11-22(20)28-23)26(34)32-14-16-33(17-15-32)27-30-29-25(35-27)19-8-4-3-5-9-19/h6-7,10-11,19H,2-5,8-9,12-18H2,1H3. The molecule has 0 unspecified atom stereocenters. The second-order valence-electron chi connectivity index (χ2n) is 10.1. The maximum Gasteiger partial charge on any atom is 0.255 e. The summed E-state index contributed by atoms with van der Waals surface area (Å²) in [5, 5.41) is 12.3. The summed E-state index contributed by atoms with van der Waals surface area (Å²) in [5.74, 6) is 0.740. The number of benzene rings is 1. The Balaban J connectivity index is 1.21. The average molecular weight is 491 g/mol. The molecule has 1 aliphatic carbocycles. The van der Waals surface area contributed by atoms with E-state index in [0.717, 1.165) is 72.0 Å². The fourth-order valence-electron chi connectivity index (χ4n) is 5.89. The third-order valence-electron chi connectivity index (χ3n) is 8.01. The molecule has 35 heavy (non-hydrogen) atoms. The van der Waals surface area contributed by atoms with Crippen LogP contribution in [0.4, 0.5) is 5.13 Å². The lowest BCUT2D eigenvalue weighted by Crippen LogP contribution is -2.49. The molecule has 2 fully saturated rings. The van der Waals surface area contributed by atoms with Gasteiger partial charge in [0.05, 0.1) is 11.1 Å². The number of rotatable bonds is 4. The Morgan fingerprint density at radius 2 is 1.83 bits per heavy atom. The van der Waals surface area contributed by atoms with Gasteiger partial charge in [-0.15, -0.1) is 10.2 Å². The normalized spacial score (nSPS) is 19.8. The topological polar surface area (TPSA) is 65.5 Å². The fraction of sp³-hybridized carbons (Fsp3) is 0.556. The zero-order valence-corrected chi connectivity index (χ0v) is 21.4. The number of fused-ring (bicyclic) bond motifs is 2. The van der Waals surface area contributed by atoms with Crippen LogP contribution in [0.15, 0.2) is 24.3 Å². The molecule has 2 aromatic heterocycles. The lowest BCUT2D eigenvalue weighted by atomic mass is 9.90. The third-order valence-corrected chi connectivity index (χ3v) is 9.15. The number of aromatic nitrogens is 3. The van der Waals surface area contributed by atoms with Crippen molar-refractivity contribution in [2.24, 2.45) is 0 Å². The summed E-state index contributed by atoms with van der Waals surface area (Å²) in [6.07, 6.45) is 7.37. The summed E-state index contributed by atoms with van der Waals surface area (Å²) in [6, 6.07) is 8.13. The average Bonchev–Trinajstić information content (AvgIpc) is 3.42. The van der Waals surface area contributed by atoms with Gasteiger partial charge in [-0.3, -0.25) is 14.7 Å². The molecule has 0 radical (unpaired) electrons. The van der Waals surface area contributed by atoms with Crippen LogP contribution in [0.25, 0.3) is 10.9 Å². The van der Waals surface area contributed by atoms with Gasteiger partial charge in [0.25, 0.3) is 5.91 Å². The summed E-state index contributed by atoms with van der Waals surface area (Å²) in [7, 11) is 0. The molecule has 1 saturated heterocycles.